The SMILES string of the molecule is Cl.Cn1nccc1NC(=O)CCC1CCNC1. The van der Waals surface area contributed by atoms with Gasteiger partial charge in [-0.1, -0.05) is 0 Å². The number of carbonyl (C=O) groups is 1. The lowest BCUT2D eigenvalue weighted by atomic mass is 10.0. The lowest BCUT2D eigenvalue weighted by Crippen LogP contribution is -2.16. The van der Waals surface area contributed by atoms with E-state index < -0.39 is 0 Å². The molecule has 1 aliphatic heterocycles. The molecule has 2 N–H and O–H groups in total. The van der Waals surface area contributed by atoms with Gasteiger partial charge in [-0.15, -0.1) is 12.4 Å². The minimum atomic E-state index is 0. The molecule has 17 heavy (non-hydrogen) atoms. The van der Waals surface area contributed by atoms with Crippen LogP contribution in [0.5, 0.6) is 0 Å². The summed E-state index contributed by atoms with van der Waals surface area (Å²) in [6.45, 7) is 2.15. The van der Waals surface area contributed by atoms with E-state index in [1.165, 1.54) is 6.42 Å². The Morgan fingerprint density at radius 2 is 2.53 bits per heavy atom. The Balaban J connectivity index is 0.00000144. The highest BCUT2D eigenvalue weighted by molar-refractivity contribution is 5.89. The zero-order chi connectivity index (χ0) is 11.4. The molecule has 2 rings (SSSR count). The molecule has 0 aromatic carbocycles. The third-order valence-electron chi connectivity index (χ3n) is 3.03. The molecule has 6 heteroatoms. The molecule has 1 saturated heterocycles. The summed E-state index contributed by atoms with van der Waals surface area (Å²) in [4.78, 5) is 11.6. The summed E-state index contributed by atoms with van der Waals surface area (Å²) in [7, 11) is 1.82. The van der Waals surface area contributed by atoms with Crippen molar-refractivity contribution in [1.82, 2.24) is 15.1 Å². The van der Waals surface area contributed by atoms with Gasteiger partial charge in [0, 0.05) is 19.5 Å². The summed E-state index contributed by atoms with van der Waals surface area (Å²) in [6.07, 6.45) is 4.43. The number of amides is 1. The molecule has 96 valence electrons. The van der Waals surface area contributed by atoms with Crippen molar-refractivity contribution in [2.45, 2.75) is 19.3 Å². The van der Waals surface area contributed by atoms with Crippen molar-refractivity contribution in [3.05, 3.63) is 12.3 Å². The van der Waals surface area contributed by atoms with Gasteiger partial charge in [0.2, 0.25) is 5.91 Å². The van der Waals surface area contributed by atoms with E-state index in [2.05, 4.69) is 15.7 Å². The number of rotatable bonds is 4. The van der Waals surface area contributed by atoms with Crippen LogP contribution in [0.1, 0.15) is 19.3 Å². The lowest BCUT2D eigenvalue weighted by Gasteiger charge is -2.08. The number of hydrogen-bond acceptors (Lipinski definition) is 3. The van der Waals surface area contributed by atoms with Crippen LogP contribution in [0.15, 0.2) is 12.3 Å². The molecule has 1 unspecified atom stereocenters. The first-order valence-electron chi connectivity index (χ1n) is 5.74. The molecule has 2 heterocycles. The molecule has 0 radical (unpaired) electrons. The summed E-state index contributed by atoms with van der Waals surface area (Å²) in [5, 5.41) is 10.2. The monoisotopic (exact) mass is 258 g/mol. The van der Waals surface area contributed by atoms with Crippen LogP contribution in [0.3, 0.4) is 0 Å². The zero-order valence-electron chi connectivity index (χ0n) is 9.98. The summed E-state index contributed by atoms with van der Waals surface area (Å²) >= 11 is 0. The van der Waals surface area contributed by atoms with Crippen LogP contribution < -0.4 is 10.6 Å². The fraction of sp³-hybridized carbons (Fsp3) is 0.636. The first kappa shape index (κ1) is 14.0. The third-order valence-corrected chi connectivity index (χ3v) is 3.03. The molecular formula is C11H19ClN4O. The maximum absolute atomic E-state index is 11.6. The number of hydrogen-bond donors (Lipinski definition) is 2. The maximum atomic E-state index is 11.6. The van der Waals surface area contributed by atoms with Crippen molar-refractivity contribution in [2.24, 2.45) is 13.0 Å². The average Bonchev–Trinajstić information content (AvgIpc) is 2.88. The Hall–Kier alpha value is -1.07. The number of aryl methyl sites for hydroxylation is 1. The summed E-state index contributed by atoms with van der Waals surface area (Å²) in [5.74, 6) is 1.50. The van der Waals surface area contributed by atoms with Gasteiger partial charge < -0.3 is 10.6 Å². The van der Waals surface area contributed by atoms with Crippen LogP contribution in [0.2, 0.25) is 0 Å². The van der Waals surface area contributed by atoms with Crippen LogP contribution in [-0.2, 0) is 11.8 Å². The molecule has 1 amide bonds. The van der Waals surface area contributed by atoms with E-state index in [0.29, 0.717) is 12.3 Å². The summed E-state index contributed by atoms with van der Waals surface area (Å²) in [5.41, 5.74) is 0. The highest BCUT2D eigenvalue weighted by Gasteiger charge is 2.15. The van der Waals surface area contributed by atoms with Gasteiger partial charge in [0.05, 0.1) is 6.20 Å². The predicted octanol–water partition coefficient (Wildman–Crippen LogP) is 1.17. The van der Waals surface area contributed by atoms with E-state index in [0.717, 1.165) is 25.3 Å². The fourth-order valence-corrected chi connectivity index (χ4v) is 2.00. The van der Waals surface area contributed by atoms with E-state index in [1.807, 2.05) is 7.05 Å². The van der Waals surface area contributed by atoms with Crippen molar-refractivity contribution < 1.29 is 4.79 Å². The van der Waals surface area contributed by atoms with Crippen molar-refractivity contribution in [3.63, 3.8) is 0 Å². The molecule has 1 aromatic rings. The molecule has 0 aliphatic carbocycles. The number of halogens is 1. The molecule has 1 aromatic heterocycles. The Kier molecular flexibility index (Phi) is 5.44. The van der Waals surface area contributed by atoms with Gasteiger partial charge in [0.15, 0.2) is 0 Å². The molecule has 0 bridgehead atoms. The maximum Gasteiger partial charge on any atom is 0.225 e. The molecule has 0 saturated carbocycles. The van der Waals surface area contributed by atoms with Gasteiger partial charge in [-0.3, -0.25) is 9.48 Å². The average molecular weight is 259 g/mol. The second-order valence-corrected chi connectivity index (χ2v) is 4.29. The van der Waals surface area contributed by atoms with Crippen LogP contribution in [-0.4, -0.2) is 28.8 Å². The first-order valence-corrected chi connectivity index (χ1v) is 5.74. The second-order valence-electron chi connectivity index (χ2n) is 4.29. The first-order chi connectivity index (χ1) is 7.75. The van der Waals surface area contributed by atoms with Gasteiger partial charge >= 0.3 is 0 Å². The summed E-state index contributed by atoms with van der Waals surface area (Å²) in [6, 6.07) is 1.80. The van der Waals surface area contributed by atoms with Crippen LogP contribution in [0.4, 0.5) is 5.82 Å². The van der Waals surface area contributed by atoms with Gasteiger partial charge in [-0.2, -0.15) is 5.10 Å². The Labute approximate surface area is 107 Å². The number of carbonyl (C=O) groups excluding carboxylic acids is 1. The van der Waals surface area contributed by atoms with Gasteiger partial charge in [0.1, 0.15) is 5.82 Å². The zero-order valence-corrected chi connectivity index (χ0v) is 10.8. The quantitative estimate of drug-likeness (QED) is 0.852. The normalized spacial score (nSPS) is 18.8. The minimum Gasteiger partial charge on any atom is -0.316 e. The van der Waals surface area contributed by atoms with E-state index in [4.69, 9.17) is 0 Å². The van der Waals surface area contributed by atoms with Crippen LogP contribution in [0.25, 0.3) is 0 Å². The summed E-state index contributed by atoms with van der Waals surface area (Å²) < 4.78 is 1.66. The van der Waals surface area contributed by atoms with E-state index >= 15 is 0 Å². The van der Waals surface area contributed by atoms with Gasteiger partial charge in [-0.05, 0) is 31.8 Å². The smallest absolute Gasteiger partial charge is 0.225 e. The lowest BCUT2D eigenvalue weighted by molar-refractivity contribution is -0.116. The van der Waals surface area contributed by atoms with E-state index in [9.17, 15) is 4.79 Å². The van der Waals surface area contributed by atoms with Crippen LogP contribution >= 0.6 is 12.4 Å². The van der Waals surface area contributed by atoms with E-state index in [1.54, 1.807) is 16.9 Å². The van der Waals surface area contributed by atoms with Gasteiger partial charge in [-0.25, -0.2) is 0 Å². The topological polar surface area (TPSA) is 59.0 Å². The van der Waals surface area contributed by atoms with Crippen LogP contribution in [0, 0.1) is 5.92 Å². The molecule has 1 fully saturated rings. The Morgan fingerprint density at radius 3 is 3.12 bits per heavy atom. The highest BCUT2D eigenvalue weighted by Crippen LogP contribution is 2.15. The molecule has 1 atom stereocenters. The standard InChI is InChI=1S/C11H18N4O.ClH/c1-15-10(5-7-13-15)14-11(16)3-2-9-4-6-12-8-9;/h5,7,9,12H,2-4,6,8H2,1H3,(H,14,16);1H. The Morgan fingerprint density at radius 1 is 1.71 bits per heavy atom. The number of nitrogens with one attached hydrogen (secondary N) is 2. The molecule has 0 spiro atoms. The van der Waals surface area contributed by atoms with Crippen molar-refractivity contribution in [3.8, 4) is 0 Å². The third kappa shape index (κ3) is 4.02. The number of aromatic nitrogens is 2. The van der Waals surface area contributed by atoms with Crippen molar-refractivity contribution in [1.29, 1.82) is 0 Å². The number of nitrogens with zero attached hydrogens (tertiary/aromatic N) is 2. The second kappa shape index (κ2) is 6.61. The minimum absolute atomic E-state index is 0. The largest absolute Gasteiger partial charge is 0.316 e. The predicted molar refractivity (Wildman–Crippen MR) is 69.3 cm³/mol. The van der Waals surface area contributed by atoms with E-state index in [-0.39, 0.29) is 18.3 Å². The molecule has 1 aliphatic rings. The Bertz CT molecular complexity index is 360. The van der Waals surface area contributed by atoms with Gasteiger partial charge in [0.25, 0.3) is 0 Å². The highest BCUT2D eigenvalue weighted by atomic mass is 35.5. The fourth-order valence-electron chi connectivity index (χ4n) is 2.00. The number of anilines is 1. The molecular weight excluding hydrogens is 240 g/mol. The molecule has 5 nitrogen and oxygen atoms in total. The van der Waals surface area contributed by atoms with Crippen molar-refractivity contribution >= 4 is 24.1 Å². The van der Waals surface area contributed by atoms with Crippen molar-refractivity contribution in [2.75, 3.05) is 18.4 Å².